The molecule has 4 nitrogen and oxygen atoms in total. The smallest absolute Gasteiger partial charge is 0.322 e. The molecular formula is C17H14Cl2F2N2O2. The summed E-state index contributed by atoms with van der Waals surface area (Å²) >= 11 is 12.2. The molecule has 25 heavy (non-hydrogen) atoms. The average molecular weight is 387 g/mol. The number of carbonyl (C=O) groups is 1. The summed E-state index contributed by atoms with van der Waals surface area (Å²) in [6.07, 6.45) is -0.624. The van der Waals surface area contributed by atoms with Crippen LogP contribution in [0.25, 0.3) is 0 Å². The molecule has 2 amide bonds. The predicted molar refractivity (Wildman–Crippen MR) is 92.1 cm³/mol. The quantitative estimate of drug-likeness (QED) is 0.803. The van der Waals surface area contributed by atoms with Gasteiger partial charge in [-0.05, 0) is 35.4 Å². The molecule has 0 saturated carbocycles. The van der Waals surface area contributed by atoms with E-state index in [1.54, 1.807) is 12.1 Å². The topological polar surface area (TPSA) is 52.6 Å². The maximum absolute atomic E-state index is 13.7. The molecule has 3 rings (SSSR count). The minimum atomic E-state index is -1.15. The van der Waals surface area contributed by atoms with Crippen LogP contribution < -0.4 is 5.32 Å². The number of nitrogens with zero attached hydrogens (tertiary/aromatic N) is 1. The van der Waals surface area contributed by atoms with Gasteiger partial charge in [-0.15, -0.1) is 0 Å². The molecule has 8 heteroatoms. The second kappa shape index (κ2) is 6.78. The molecule has 0 aromatic heterocycles. The van der Waals surface area contributed by atoms with Crippen LogP contribution in [0, 0.1) is 11.6 Å². The van der Waals surface area contributed by atoms with E-state index >= 15 is 0 Å². The van der Waals surface area contributed by atoms with Crippen molar-refractivity contribution >= 4 is 34.9 Å². The second-order valence-corrected chi connectivity index (χ2v) is 6.66. The molecular weight excluding hydrogens is 373 g/mol. The number of urea groups is 1. The number of carbonyl (C=O) groups excluding carboxylic acids is 1. The van der Waals surface area contributed by atoms with E-state index in [1.165, 1.54) is 24.1 Å². The lowest BCUT2D eigenvalue weighted by molar-refractivity contribution is 0.0934. The summed E-state index contributed by atoms with van der Waals surface area (Å²) in [5, 5.41) is 13.4. The number of hydrogen-bond donors (Lipinski definition) is 2. The lowest BCUT2D eigenvalue weighted by atomic mass is 10.1. The van der Waals surface area contributed by atoms with Crippen LogP contribution in [0.4, 0.5) is 19.3 Å². The number of aliphatic hydroxyl groups is 1. The largest absolute Gasteiger partial charge is 0.390 e. The summed E-state index contributed by atoms with van der Waals surface area (Å²) in [5.74, 6) is -2.21. The van der Waals surface area contributed by atoms with Crippen molar-refractivity contribution in [2.24, 2.45) is 0 Å². The molecule has 0 fully saturated rings. The van der Waals surface area contributed by atoms with Gasteiger partial charge in [0.25, 0.3) is 0 Å². The van der Waals surface area contributed by atoms with E-state index in [2.05, 4.69) is 5.32 Å². The van der Waals surface area contributed by atoms with Gasteiger partial charge in [-0.2, -0.15) is 0 Å². The lowest BCUT2D eigenvalue weighted by Crippen LogP contribution is -2.38. The molecule has 2 aromatic carbocycles. The Hall–Kier alpha value is -1.89. The minimum absolute atomic E-state index is 0.266. The molecule has 2 atom stereocenters. The van der Waals surface area contributed by atoms with Crippen molar-refractivity contribution in [3.8, 4) is 0 Å². The zero-order valence-corrected chi connectivity index (χ0v) is 14.6. The average Bonchev–Trinajstić information content (AvgIpc) is 2.87. The number of fused-ring (bicyclic) bond motifs is 1. The van der Waals surface area contributed by atoms with Crippen molar-refractivity contribution in [1.29, 1.82) is 0 Å². The van der Waals surface area contributed by atoms with Crippen LogP contribution in [0.5, 0.6) is 0 Å². The first-order valence-corrected chi connectivity index (χ1v) is 8.19. The van der Waals surface area contributed by atoms with E-state index < -0.39 is 29.8 Å². The molecule has 1 aliphatic carbocycles. The van der Waals surface area contributed by atoms with Gasteiger partial charge in [0.05, 0.1) is 17.8 Å². The van der Waals surface area contributed by atoms with Crippen molar-refractivity contribution in [2.75, 3.05) is 12.4 Å². The van der Waals surface area contributed by atoms with Gasteiger partial charge in [0.15, 0.2) is 11.6 Å². The summed E-state index contributed by atoms with van der Waals surface area (Å²) in [6, 6.07) is 5.29. The van der Waals surface area contributed by atoms with Crippen molar-refractivity contribution in [3.05, 3.63) is 63.1 Å². The molecule has 132 valence electrons. The zero-order chi connectivity index (χ0) is 18.3. The van der Waals surface area contributed by atoms with Crippen molar-refractivity contribution in [2.45, 2.75) is 18.6 Å². The van der Waals surface area contributed by atoms with Crippen molar-refractivity contribution in [3.63, 3.8) is 0 Å². The zero-order valence-electron chi connectivity index (χ0n) is 13.1. The van der Waals surface area contributed by atoms with Crippen LogP contribution in [-0.4, -0.2) is 29.2 Å². The second-order valence-electron chi connectivity index (χ2n) is 5.81. The van der Waals surface area contributed by atoms with Gasteiger partial charge in [-0.25, -0.2) is 13.6 Å². The van der Waals surface area contributed by atoms with Gasteiger partial charge in [-0.3, -0.25) is 0 Å². The number of aliphatic hydroxyl groups excluding tert-OH is 1. The number of halogens is 4. The third kappa shape index (κ3) is 3.29. The molecule has 0 aliphatic heterocycles. The SMILES string of the molecule is CN(C(=O)Nc1cccc(F)c1F)[C@H]1c2cc(Cl)cc(Cl)c2C[C@@H]1O. The molecule has 1 aliphatic rings. The van der Waals surface area contributed by atoms with E-state index in [0.29, 0.717) is 21.2 Å². The van der Waals surface area contributed by atoms with Crippen LogP contribution >= 0.6 is 23.2 Å². The standard InChI is InChI=1S/C17H14Cl2F2N2O2/c1-23(17(25)22-13-4-2-3-12(20)15(13)21)16-10-5-8(18)6-11(19)9(10)7-14(16)24/h2-6,14,16,24H,7H2,1H3,(H,22,25)/t14-,16-/m0/s1. The van der Waals surface area contributed by atoms with Crippen LogP contribution in [0.15, 0.2) is 30.3 Å². The Labute approximate surface area is 153 Å². The Morgan fingerprint density at radius 1 is 1.32 bits per heavy atom. The van der Waals surface area contributed by atoms with Gasteiger partial charge in [0.1, 0.15) is 0 Å². The monoisotopic (exact) mass is 386 g/mol. The fourth-order valence-electron chi connectivity index (χ4n) is 3.03. The third-order valence-electron chi connectivity index (χ3n) is 4.22. The Morgan fingerprint density at radius 3 is 2.76 bits per heavy atom. The normalized spacial score (nSPS) is 18.8. The number of amides is 2. The van der Waals surface area contributed by atoms with Gasteiger partial charge < -0.3 is 15.3 Å². The highest BCUT2D eigenvalue weighted by molar-refractivity contribution is 6.35. The summed E-state index contributed by atoms with van der Waals surface area (Å²) in [7, 11) is 1.45. The van der Waals surface area contributed by atoms with E-state index in [4.69, 9.17) is 23.2 Å². The van der Waals surface area contributed by atoms with Crippen LogP contribution in [0.2, 0.25) is 10.0 Å². The fourth-order valence-corrected chi connectivity index (χ4v) is 3.61. The molecule has 0 heterocycles. The summed E-state index contributed by atoms with van der Waals surface area (Å²) in [5.41, 5.74) is 1.05. The van der Waals surface area contributed by atoms with E-state index in [0.717, 1.165) is 6.07 Å². The Morgan fingerprint density at radius 2 is 2.04 bits per heavy atom. The van der Waals surface area contributed by atoms with Gasteiger partial charge in [0, 0.05) is 23.5 Å². The molecule has 0 bridgehead atoms. The maximum Gasteiger partial charge on any atom is 0.322 e. The van der Waals surface area contributed by atoms with Gasteiger partial charge in [0.2, 0.25) is 0 Å². The number of hydrogen-bond acceptors (Lipinski definition) is 2. The van der Waals surface area contributed by atoms with Crippen LogP contribution in [0.1, 0.15) is 17.2 Å². The Kier molecular flexibility index (Phi) is 4.86. The number of benzene rings is 2. The summed E-state index contributed by atoms with van der Waals surface area (Å²) in [6.45, 7) is 0. The third-order valence-corrected chi connectivity index (χ3v) is 4.78. The van der Waals surface area contributed by atoms with Crippen molar-refractivity contribution < 1.29 is 18.7 Å². The molecule has 0 unspecified atom stereocenters. The van der Waals surface area contributed by atoms with Crippen LogP contribution in [-0.2, 0) is 6.42 Å². The first kappa shape index (κ1) is 17.9. The Bertz CT molecular complexity index is 848. The van der Waals surface area contributed by atoms with Gasteiger partial charge in [-0.1, -0.05) is 29.3 Å². The van der Waals surface area contributed by atoms with Gasteiger partial charge >= 0.3 is 6.03 Å². The molecule has 2 aromatic rings. The number of nitrogens with one attached hydrogen (secondary N) is 1. The predicted octanol–water partition coefficient (Wildman–Crippen LogP) is 4.39. The molecule has 2 N–H and O–H groups in total. The summed E-state index contributed by atoms with van der Waals surface area (Å²) in [4.78, 5) is 13.7. The maximum atomic E-state index is 13.7. The van der Waals surface area contributed by atoms with Crippen molar-refractivity contribution in [1.82, 2.24) is 4.90 Å². The molecule has 0 spiro atoms. The lowest BCUT2D eigenvalue weighted by Gasteiger charge is -2.28. The summed E-state index contributed by atoms with van der Waals surface area (Å²) < 4.78 is 27.0. The Balaban J connectivity index is 1.87. The molecule has 0 saturated heterocycles. The van der Waals surface area contributed by atoms with E-state index in [1.807, 2.05) is 0 Å². The molecule has 0 radical (unpaired) electrons. The minimum Gasteiger partial charge on any atom is -0.390 e. The highest BCUT2D eigenvalue weighted by Crippen LogP contribution is 2.41. The highest BCUT2D eigenvalue weighted by atomic mass is 35.5. The van der Waals surface area contributed by atoms with E-state index in [-0.39, 0.29) is 12.1 Å². The number of rotatable bonds is 2. The highest BCUT2D eigenvalue weighted by Gasteiger charge is 2.37. The first-order valence-electron chi connectivity index (χ1n) is 7.43. The van der Waals surface area contributed by atoms with Crippen LogP contribution in [0.3, 0.4) is 0 Å². The number of likely N-dealkylation sites (N-methyl/N-ethyl adjacent to an activating group) is 1. The van der Waals surface area contributed by atoms with E-state index in [9.17, 15) is 18.7 Å². The fraction of sp³-hybridized carbons (Fsp3) is 0.235. The first-order chi connectivity index (χ1) is 11.8. The number of anilines is 1.